The Morgan fingerprint density at radius 3 is 2.03 bits per heavy atom. The summed E-state index contributed by atoms with van der Waals surface area (Å²) in [4.78, 5) is 12.7. The van der Waals surface area contributed by atoms with E-state index in [1.807, 2.05) is 0 Å². The zero-order valence-electron chi connectivity index (χ0n) is 19.9. The van der Waals surface area contributed by atoms with Crippen LogP contribution in [0.25, 0.3) is 11.1 Å². The van der Waals surface area contributed by atoms with E-state index in [4.69, 9.17) is 4.74 Å². The van der Waals surface area contributed by atoms with E-state index in [2.05, 4.69) is 14.8 Å². The Labute approximate surface area is 209 Å². The van der Waals surface area contributed by atoms with Crippen LogP contribution in [0.1, 0.15) is 31.9 Å². The van der Waals surface area contributed by atoms with E-state index in [0.29, 0.717) is 5.56 Å². The van der Waals surface area contributed by atoms with Gasteiger partial charge < -0.3 is 19.5 Å². The minimum atomic E-state index is -5.05. The summed E-state index contributed by atoms with van der Waals surface area (Å²) in [6.07, 6.45) is -11.0. The maximum Gasteiger partial charge on any atom is 0.573 e. The molecular weight excluding hydrogens is 504 g/mol. The first-order valence-corrected chi connectivity index (χ1v) is 11.0. The van der Waals surface area contributed by atoms with Crippen molar-refractivity contribution < 1.29 is 45.3 Å². The lowest BCUT2D eigenvalue weighted by atomic mass is 9.82. The van der Waals surface area contributed by atoms with Gasteiger partial charge in [-0.3, -0.25) is 0 Å². The molecule has 3 rings (SSSR count). The van der Waals surface area contributed by atoms with Crippen LogP contribution in [0.15, 0.2) is 72.8 Å². The summed E-state index contributed by atoms with van der Waals surface area (Å²) in [5, 5.41) is 2.52. The highest BCUT2D eigenvalue weighted by molar-refractivity contribution is 5.77. The summed E-state index contributed by atoms with van der Waals surface area (Å²) in [6, 6.07) is 16.0. The minimum Gasteiger partial charge on any atom is -0.433 e. The van der Waals surface area contributed by atoms with Gasteiger partial charge in [0.15, 0.2) is 5.60 Å². The highest BCUT2D eigenvalue weighted by Gasteiger charge is 2.40. The first-order valence-electron chi connectivity index (χ1n) is 11.0. The second kappa shape index (κ2) is 10.6. The lowest BCUT2D eigenvalue weighted by Crippen LogP contribution is -2.39. The molecule has 3 aromatic carbocycles. The molecule has 0 aliphatic carbocycles. The number of alkyl halides is 6. The fraction of sp³-hybridized carbons (Fsp3) is 0.269. The molecule has 1 amide bonds. The third-order valence-corrected chi connectivity index (χ3v) is 5.15. The first kappa shape index (κ1) is 27.7. The molecule has 11 heteroatoms. The van der Waals surface area contributed by atoms with Crippen LogP contribution in [0, 0.1) is 0 Å². The maximum atomic E-state index is 13.3. The van der Waals surface area contributed by atoms with Crippen molar-refractivity contribution in [1.82, 2.24) is 5.32 Å². The second-order valence-electron chi connectivity index (χ2n) is 8.39. The lowest BCUT2D eigenvalue weighted by molar-refractivity contribution is -0.275. The van der Waals surface area contributed by atoms with Gasteiger partial charge in [-0.2, -0.15) is 0 Å². The molecular formula is C26H23F6NO4. The number of amides is 1. The van der Waals surface area contributed by atoms with E-state index in [0.717, 1.165) is 18.2 Å². The van der Waals surface area contributed by atoms with Gasteiger partial charge in [-0.25, -0.2) is 4.79 Å². The predicted molar refractivity (Wildman–Crippen MR) is 123 cm³/mol. The summed E-state index contributed by atoms with van der Waals surface area (Å²) >= 11 is 0. The number of hydrogen-bond acceptors (Lipinski definition) is 4. The van der Waals surface area contributed by atoms with Crippen LogP contribution in [0.3, 0.4) is 0 Å². The zero-order chi connectivity index (χ0) is 27.4. The number of ether oxygens (including phenoxy) is 3. The van der Waals surface area contributed by atoms with Gasteiger partial charge in [0.25, 0.3) is 0 Å². The highest BCUT2D eigenvalue weighted by atomic mass is 19.4. The van der Waals surface area contributed by atoms with Crippen LogP contribution in [0.5, 0.6) is 11.5 Å². The van der Waals surface area contributed by atoms with Crippen molar-refractivity contribution in [2.75, 3.05) is 0 Å². The van der Waals surface area contributed by atoms with Crippen LogP contribution >= 0.6 is 0 Å². The SMILES string of the molecule is CC(C)NC(=O)OC(C)(c1cccc(OC(F)(F)F)c1)c1cccc(OC(F)(F)F)c1-c1ccccc1. The summed E-state index contributed by atoms with van der Waals surface area (Å²) in [6.45, 7) is 4.67. The number of carbonyl (C=O) groups is 1. The molecule has 0 aliphatic rings. The number of carbonyl (C=O) groups excluding carboxylic acids is 1. The molecule has 0 spiro atoms. The zero-order valence-corrected chi connectivity index (χ0v) is 19.9. The van der Waals surface area contributed by atoms with E-state index in [1.54, 1.807) is 32.0 Å². The molecule has 0 aliphatic heterocycles. The summed E-state index contributed by atoms with van der Waals surface area (Å²) < 4.78 is 92.7. The topological polar surface area (TPSA) is 56.8 Å². The third kappa shape index (κ3) is 7.31. The van der Waals surface area contributed by atoms with E-state index >= 15 is 0 Å². The Bertz CT molecular complexity index is 1230. The average molecular weight is 527 g/mol. The number of hydrogen-bond donors (Lipinski definition) is 1. The van der Waals surface area contributed by atoms with E-state index in [1.165, 1.54) is 43.3 Å². The first-order chi connectivity index (χ1) is 17.2. The third-order valence-electron chi connectivity index (χ3n) is 5.15. The van der Waals surface area contributed by atoms with Gasteiger partial charge in [-0.1, -0.05) is 54.6 Å². The van der Waals surface area contributed by atoms with Gasteiger partial charge in [-0.15, -0.1) is 26.3 Å². The fourth-order valence-corrected chi connectivity index (χ4v) is 3.75. The molecule has 37 heavy (non-hydrogen) atoms. The van der Waals surface area contributed by atoms with Crippen molar-refractivity contribution in [3.8, 4) is 22.6 Å². The van der Waals surface area contributed by atoms with Crippen molar-refractivity contribution in [3.63, 3.8) is 0 Å². The molecule has 0 fully saturated rings. The van der Waals surface area contributed by atoms with Crippen LogP contribution in [-0.4, -0.2) is 24.9 Å². The molecule has 0 radical (unpaired) electrons. The van der Waals surface area contributed by atoms with Gasteiger partial charge in [0.2, 0.25) is 0 Å². The number of halogens is 6. The Kier molecular flexibility index (Phi) is 7.94. The minimum absolute atomic E-state index is 0.00879. The van der Waals surface area contributed by atoms with E-state index < -0.39 is 35.9 Å². The Morgan fingerprint density at radius 1 is 0.811 bits per heavy atom. The van der Waals surface area contributed by atoms with Crippen LogP contribution in [0.2, 0.25) is 0 Å². The van der Waals surface area contributed by atoms with Crippen molar-refractivity contribution >= 4 is 6.09 Å². The predicted octanol–water partition coefficient (Wildman–Crippen LogP) is 7.55. The largest absolute Gasteiger partial charge is 0.573 e. The average Bonchev–Trinajstić information content (AvgIpc) is 2.77. The molecule has 1 unspecified atom stereocenters. The Balaban J connectivity index is 2.29. The van der Waals surface area contributed by atoms with Crippen molar-refractivity contribution in [1.29, 1.82) is 0 Å². The van der Waals surface area contributed by atoms with Crippen molar-refractivity contribution in [2.24, 2.45) is 0 Å². The van der Waals surface area contributed by atoms with E-state index in [9.17, 15) is 31.1 Å². The smallest absolute Gasteiger partial charge is 0.433 e. The van der Waals surface area contributed by atoms with Gasteiger partial charge in [0, 0.05) is 22.7 Å². The number of alkyl carbamates (subject to hydrolysis) is 1. The molecule has 0 saturated carbocycles. The molecule has 0 saturated heterocycles. The van der Waals surface area contributed by atoms with Crippen molar-refractivity contribution in [3.05, 3.63) is 83.9 Å². The second-order valence-corrected chi connectivity index (χ2v) is 8.39. The van der Waals surface area contributed by atoms with Crippen molar-refractivity contribution in [2.45, 2.75) is 45.1 Å². The molecule has 1 N–H and O–H groups in total. The summed E-state index contributed by atoms with van der Waals surface area (Å²) in [5.41, 5.74) is -1.63. The molecule has 1 atom stereocenters. The van der Waals surface area contributed by atoms with Crippen LogP contribution in [-0.2, 0) is 10.3 Å². The molecule has 0 heterocycles. The molecule has 0 aromatic heterocycles. The fourth-order valence-electron chi connectivity index (χ4n) is 3.75. The Hall–Kier alpha value is -3.89. The standard InChI is InChI=1S/C26H23F6NO4/c1-16(2)33-23(34)37-24(3,18-11-7-12-19(15-18)35-25(27,28)29)20-13-8-14-21(36-26(30,31)32)22(20)17-9-5-4-6-10-17/h4-16H,1-3H3,(H,33,34). The van der Waals surface area contributed by atoms with E-state index in [-0.39, 0.29) is 22.7 Å². The summed E-state index contributed by atoms with van der Waals surface area (Å²) in [7, 11) is 0. The van der Waals surface area contributed by atoms with Gasteiger partial charge in [0.1, 0.15) is 11.5 Å². The van der Waals surface area contributed by atoms with Gasteiger partial charge in [0.05, 0.1) is 0 Å². The molecule has 5 nitrogen and oxygen atoms in total. The number of benzene rings is 3. The quantitative estimate of drug-likeness (QED) is 0.323. The van der Waals surface area contributed by atoms with Crippen LogP contribution < -0.4 is 14.8 Å². The summed E-state index contributed by atoms with van der Waals surface area (Å²) in [5.74, 6) is -1.19. The number of rotatable bonds is 7. The lowest BCUT2D eigenvalue weighted by Gasteiger charge is -2.34. The monoisotopic (exact) mass is 527 g/mol. The number of nitrogens with one attached hydrogen (secondary N) is 1. The van der Waals surface area contributed by atoms with Crippen LogP contribution in [0.4, 0.5) is 31.1 Å². The Morgan fingerprint density at radius 2 is 1.43 bits per heavy atom. The normalized spacial score (nSPS) is 13.6. The molecule has 0 bridgehead atoms. The van der Waals surface area contributed by atoms with Gasteiger partial charge >= 0.3 is 18.8 Å². The van der Waals surface area contributed by atoms with Gasteiger partial charge in [-0.05, 0) is 44.5 Å². The molecule has 198 valence electrons. The maximum absolute atomic E-state index is 13.3. The highest BCUT2D eigenvalue weighted by Crippen LogP contribution is 2.45. The molecule has 3 aromatic rings.